The first-order valence-electron chi connectivity index (χ1n) is 9.92. The normalized spacial score (nSPS) is 16.4. The van der Waals surface area contributed by atoms with E-state index in [1.165, 1.54) is 0 Å². The fourth-order valence-corrected chi connectivity index (χ4v) is 4.31. The van der Waals surface area contributed by atoms with Gasteiger partial charge in [0.25, 0.3) is 5.56 Å². The summed E-state index contributed by atoms with van der Waals surface area (Å²) in [5.74, 6) is -1.33. The second kappa shape index (κ2) is 11.6. The number of halogens is 3. The molecule has 8 nitrogen and oxygen atoms in total. The van der Waals surface area contributed by atoms with E-state index in [-0.39, 0.29) is 12.2 Å². The molecule has 3 rings (SSSR count). The summed E-state index contributed by atoms with van der Waals surface area (Å²) in [6.45, 7) is 4.18. The van der Waals surface area contributed by atoms with Crippen LogP contribution in [0.2, 0.25) is 0 Å². The Labute approximate surface area is 186 Å². The molecular weight excluding hydrogens is 451 g/mol. The molecule has 1 aromatic carbocycles. The van der Waals surface area contributed by atoms with E-state index in [0.29, 0.717) is 22.9 Å². The Morgan fingerprint density at radius 3 is 2.53 bits per heavy atom. The lowest BCUT2D eigenvalue weighted by atomic mass is 10.1. The number of carbonyl (C=O) groups is 1. The van der Waals surface area contributed by atoms with Crippen LogP contribution in [0.4, 0.5) is 13.2 Å². The van der Waals surface area contributed by atoms with Crippen LogP contribution in [-0.2, 0) is 10.5 Å². The topological polar surface area (TPSA) is 127 Å². The highest BCUT2D eigenvalue weighted by Gasteiger charge is 2.38. The van der Waals surface area contributed by atoms with E-state index in [1.807, 2.05) is 36.9 Å². The number of likely N-dealkylation sites (tertiary alicyclic amines) is 1. The lowest BCUT2D eigenvalue weighted by Gasteiger charge is -2.32. The highest BCUT2D eigenvalue weighted by molar-refractivity contribution is 7.99. The molecule has 1 fully saturated rings. The molecule has 12 heteroatoms. The van der Waals surface area contributed by atoms with E-state index >= 15 is 0 Å². The molecule has 0 spiro atoms. The van der Waals surface area contributed by atoms with Gasteiger partial charge in [0.2, 0.25) is 0 Å². The molecule has 1 aromatic heterocycles. The lowest BCUT2D eigenvalue weighted by molar-refractivity contribution is -0.192. The first-order valence-corrected chi connectivity index (χ1v) is 11.0. The minimum Gasteiger partial charge on any atom is -0.475 e. The third-order valence-corrected chi connectivity index (χ3v) is 6.28. The third-order valence-electron chi connectivity index (χ3n) is 4.90. The number of aliphatic hydroxyl groups excluding tert-OH is 2. The van der Waals surface area contributed by atoms with Crippen molar-refractivity contribution in [3.8, 4) is 0 Å². The number of aliphatic hydroxyl groups is 2. The summed E-state index contributed by atoms with van der Waals surface area (Å²) in [5.41, 5.74) is 1.73. The van der Waals surface area contributed by atoms with Gasteiger partial charge in [0.1, 0.15) is 5.82 Å². The smallest absolute Gasteiger partial charge is 0.475 e. The van der Waals surface area contributed by atoms with Gasteiger partial charge in [-0.05, 0) is 44.5 Å². The summed E-state index contributed by atoms with van der Waals surface area (Å²) >= 11 is 1.83. The van der Waals surface area contributed by atoms with Crippen molar-refractivity contribution >= 4 is 28.6 Å². The number of aryl methyl sites for hydroxylation is 1. The van der Waals surface area contributed by atoms with Gasteiger partial charge in [0.15, 0.2) is 0 Å². The van der Waals surface area contributed by atoms with Gasteiger partial charge in [-0.3, -0.25) is 4.79 Å². The minimum absolute atomic E-state index is 0.0721. The maximum absolute atomic E-state index is 12.2. The Bertz CT molecular complexity index is 962. The van der Waals surface area contributed by atoms with Crippen LogP contribution in [0.5, 0.6) is 0 Å². The molecule has 2 heterocycles. The SMILES string of the molecule is Cc1cccc2c(=O)[nH]c(CSC3CCN(C[C@@H](O)CO)CC3)nc12.O=C(O)C(F)(F)F. The number of β-amino-alcohol motifs (C(OH)–C–C–N with tert-alkyl or cyclic N) is 1. The molecule has 1 atom stereocenters. The predicted octanol–water partition coefficient (Wildman–Crippen LogP) is 1.92. The summed E-state index contributed by atoms with van der Waals surface area (Å²) < 4.78 is 31.7. The lowest BCUT2D eigenvalue weighted by Crippen LogP contribution is -2.40. The molecule has 4 N–H and O–H groups in total. The Morgan fingerprint density at radius 1 is 1.34 bits per heavy atom. The van der Waals surface area contributed by atoms with Crippen LogP contribution < -0.4 is 5.56 Å². The van der Waals surface area contributed by atoms with Crippen molar-refractivity contribution in [1.82, 2.24) is 14.9 Å². The van der Waals surface area contributed by atoms with E-state index < -0.39 is 18.2 Å². The number of carboxylic acid groups (broad SMARTS) is 1. The molecule has 0 radical (unpaired) electrons. The number of aromatic nitrogens is 2. The summed E-state index contributed by atoms with van der Waals surface area (Å²) in [6.07, 6.45) is -3.65. The quantitative estimate of drug-likeness (QED) is 0.497. The third kappa shape index (κ3) is 7.76. The summed E-state index contributed by atoms with van der Waals surface area (Å²) in [6, 6.07) is 5.66. The van der Waals surface area contributed by atoms with E-state index in [0.717, 1.165) is 42.8 Å². The number of aromatic amines is 1. The number of H-pyrrole nitrogens is 1. The van der Waals surface area contributed by atoms with Gasteiger partial charge in [-0.2, -0.15) is 24.9 Å². The molecule has 0 unspecified atom stereocenters. The second-order valence-corrected chi connectivity index (χ2v) is 8.72. The van der Waals surface area contributed by atoms with Gasteiger partial charge in [-0.1, -0.05) is 12.1 Å². The Balaban J connectivity index is 0.000000451. The zero-order chi connectivity index (χ0) is 23.9. The summed E-state index contributed by atoms with van der Waals surface area (Å²) in [4.78, 5) is 30.8. The van der Waals surface area contributed by atoms with E-state index in [2.05, 4.69) is 14.9 Å². The number of fused-ring (bicyclic) bond motifs is 1. The highest BCUT2D eigenvalue weighted by Crippen LogP contribution is 2.26. The van der Waals surface area contributed by atoms with Crippen LogP contribution in [0.25, 0.3) is 10.9 Å². The molecule has 0 amide bonds. The van der Waals surface area contributed by atoms with Crippen molar-refractivity contribution < 1.29 is 33.3 Å². The van der Waals surface area contributed by atoms with E-state index in [4.69, 9.17) is 15.0 Å². The average Bonchev–Trinajstić information content (AvgIpc) is 2.73. The van der Waals surface area contributed by atoms with Crippen molar-refractivity contribution in [3.05, 3.63) is 39.9 Å². The van der Waals surface area contributed by atoms with Crippen molar-refractivity contribution in [2.24, 2.45) is 0 Å². The number of hydrogen-bond donors (Lipinski definition) is 4. The largest absolute Gasteiger partial charge is 0.490 e. The Morgan fingerprint density at radius 2 is 1.97 bits per heavy atom. The van der Waals surface area contributed by atoms with Crippen LogP contribution in [0.15, 0.2) is 23.0 Å². The molecule has 0 bridgehead atoms. The monoisotopic (exact) mass is 477 g/mol. The number of nitrogens with zero attached hydrogens (tertiary/aromatic N) is 2. The van der Waals surface area contributed by atoms with Gasteiger partial charge in [-0.15, -0.1) is 0 Å². The number of rotatable bonds is 6. The number of alkyl halides is 3. The molecule has 0 saturated carbocycles. The molecule has 1 aliphatic rings. The summed E-state index contributed by atoms with van der Waals surface area (Å²) in [5, 5.41) is 26.7. The maximum Gasteiger partial charge on any atom is 0.490 e. The highest BCUT2D eigenvalue weighted by atomic mass is 32.2. The fraction of sp³-hybridized carbons (Fsp3) is 0.550. The standard InChI is InChI=1S/C18H25N3O3S.C2HF3O2/c1-12-3-2-4-15-17(12)19-16(20-18(15)24)11-25-14-5-7-21(8-6-14)9-13(23)10-22;3-2(4,5)1(6)7/h2-4,13-14,22-23H,5-11H2,1H3,(H,19,20,24);(H,6,7)/t13-;/m1./s1. The minimum atomic E-state index is -5.08. The zero-order valence-corrected chi connectivity index (χ0v) is 18.2. The number of piperidine rings is 1. The molecule has 0 aliphatic carbocycles. The number of carboxylic acids is 1. The Kier molecular flexibility index (Phi) is 9.49. The Hall–Kier alpha value is -2.15. The van der Waals surface area contributed by atoms with Crippen molar-refractivity contribution in [2.75, 3.05) is 26.2 Å². The van der Waals surface area contributed by atoms with Gasteiger partial charge < -0.3 is 25.2 Å². The number of hydrogen-bond acceptors (Lipinski definition) is 7. The van der Waals surface area contributed by atoms with Crippen molar-refractivity contribution in [2.45, 2.75) is 43.0 Å². The van der Waals surface area contributed by atoms with Gasteiger partial charge in [-0.25, -0.2) is 9.78 Å². The molecule has 1 aliphatic heterocycles. The van der Waals surface area contributed by atoms with Crippen molar-refractivity contribution in [1.29, 1.82) is 0 Å². The van der Waals surface area contributed by atoms with Crippen molar-refractivity contribution in [3.63, 3.8) is 0 Å². The van der Waals surface area contributed by atoms with Gasteiger partial charge in [0, 0.05) is 11.8 Å². The molecular formula is C20H26F3N3O5S. The number of nitrogens with one attached hydrogen (secondary N) is 1. The average molecular weight is 478 g/mol. The van der Waals surface area contributed by atoms with Gasteiger partial charge >= 0.3 is 12.1 Å². The van der Waals surface area contributed by atoms with Crippen LogP contribution in [0, 0.1) is 6.92 Å². The van der Waals surface area contributed by atoms with Crippen LogP contribution in [-0.4, -0.2) is 79.9 Å². The molecule has 178 valence electrons. The summed E-state index contributed by atoms with van der Waals surface area (Å²) in [7, 11) is 0. The number of para-hydroxylation sites is 1. The van der Waals surface area contributed by atoms with Crippen LogP contribution in [0.3, 0.4) is 0 Å². The van der Waals surface area contributed by atoms with Crippen LogP contribution in [0.1, 0.15) is 24.2 Å². The molecule has 32 heavy (non-hydrogen) atoms. The molecule has 2 aromatic rings. The second-order valence-electron chi connectivity index (χ2n) is 7.43. The first kappa shape index (κ1) is 26.1. The molecule has 1 saturated heterocycles. The first-order chi connectivity index (χ1) is 15.0. The number of aliphatic carboxylic acids is 1. The number of thioether (sulfide) groups is 1. The maximum atomic E-state index is 12.2. The van der Waals surface area contributed by atoms with E-state index in [1.54, 1.807) is 0 Å². The number of benzene rings is 1. The van der Waals surface area contributed by atoms with Gasteiger partial charge in [0.05, 0.1) is 29.4 Å². The van der Waals surface area contributed by atoms with E-state index in [9.17, 15) is 23.1 Å². The zero-order valence-electron chi connectivity index (χ0n) is 17.4. The fourth-order valence-electron chi connectivity index (χ4n) is 3.23. The predicted molar refractivity (Wildman–Crippen MR) is 115 cm³/mol. The van der Waals surface area contributed by atoms with Crippen LogP contribution >= 0.6 is 11.8 Å².